The van der Waals surface area contributed by atoms with Crippen molar-refractivity contribution in [2.45, 2.75) is 332 Å². The number of fused-ring (bicyclic) bond motifs is 2. The van der Waals surface area contributed by atoms with E-state index in [0.29, 0.717) is 112 Å². The molecule has 0 saturated carbocycles. The van der Waals surface area contributed by atoms with Crippen LogP contribution in [0.25, 0.3) is 10.2 Å². The van der Waals surface area contributed by atoms with Crippen LogP contribution in [0.4, 0.5) is 4.39 Å². The number of phenolic OH excluding ortho intramolecular Hbond substituents is 3. The lowest BCUT2D eigenvalue weighted by atomic mass is 9.82. The van der Waals surface area contributed by atoms with Crippen LogP contribution in [0.5, 0.6) is 23.0 Å². The molecule has 8 aromatic rings. The Hall–Kier alpha value is -11.8. The van der Waals surface area contributed by atoms with Gasteiger partial charge in [0.1, 0.15) is 88.5 Å². The highest BCUT2D eigenvalue weighted by atomic mass is 32.1. The van der Waals surface area contributed by atoms with Crippen LogP contribution in [0.2, 0.25) is 0 Å². The van der Waals surface area contributed by atoms with Crippen molar-refractivity contribution in [2.75, 3.05) is 47.4 Å². The predicted molar refractivity (Wildman–Crippen MR) is 562 cm³/mol. The number of nitrogens with one attached hydrogen (secondary N) is 3. The lowest BCUT2D eigenvalue weighted by molar-refractivity contribution is -0.162. The smallest absolute Gasteiger partial charge is 0.329 e. The topological polar surface area (TPSA) is 387 Å². The SMILES string of the molecule is CCC(C)C1NC(C)[C@@H](NC(=O)[C@@H](CC(C)C)N(C)C(=O)C2CCCN2C(=O)C(C)O)[C@@H](C)OC(=O)[C@H](Cc2ccc(OC)cc2)N(C)C(=O)[C@@H]2CCCN2C(=O)[C@H](CC(C)C)NC(=O)[C@@H](C)C(=O)[C@H](C(C)C)OC(=O)C[C@@H]1O.Cc1cc(Cc2cc(C)cc(C(C)(C)C)c2O)c(O)c(Cc2cc(C)cc(C(C)(C)C)c2O)c1.O=C(CCc1ccco1)C1CCN(C(=O)c2cc3sccc3n2Cc2ccc(F)cc2)CC1. The van der Waals surface area contributed by atoms with Gasteiger partial charge in [0.2, 0.25) is 29.5 Å². The number of methoxy groups -OCH3 is 1. The summed E-state index contributed by atoms with van der Waals surface area (Å²) >= 11 is 1.60. The van der Waals surface area contributed by atoms with Gasteiger partial charge in [-0.3, -0.25) is 47.9 Å². The van der Waals surface area contributed by atoms with E-state index >= 15 is 9.59 Å². The number of carbonyl (C=O) groups excluding carboxylic acids is 11. The van der Waals surface area contributed by atoms with Crippen LogP contribution in [-0.4, -0.2) is 240 Å². The number of thiophene rings is 1. The number of piperidine rings is 1. The number of aromatic nitrogens is 1. The van der Waals surface area contributed by atoms with Crippen molar-refractivity contribution in [1.82, 2.24) is 45.0 Å². The molecule has 4 saturated heterocycles. The number of furan rings is 1. The fourth-order valence-electron chi connectivity index (χ4n) is 20.3. The Kier molecular flexibility index (Phi) is 40.7. The van der Waals surface area contributed by atoms with E-state index < -0.39 is 144 Å². The third-order valence-corrected chi connectivity index (χ3v) is 29.7. The van der Waals surface area contributed by atoms with Crippen LogP contribution in [-0.2, 0) is 100 Å². The molecule has 146 heavy (non-hydrogen) atoms. The second-order valence-electron chi connectivity index (χ2n) is 43.9. The second-order valence-corrected chi connectivity index (χ2v) is 44.8. The number of aliphatic hydroxyl groups excluding tert-OH is 2. The number of ketones is 2. The number of phenols is 3. The normalized spacial score (nSPS) is 21.7. The summed E-state index contributed by atoms with van der Waals surface area (Å²) in [6.45, 7) is 41.3. The van der Waals surface area contributed by atoms with E-state index in [1.165, 1.54) is 66.8 Å². The first kappa shape index (κ1) is 116. The minimum absolute atomic E-state index is 0.00138. The lowest BCUT2D eigenvalue weighted by Gasteiger charge is -2.39. The number of amides is 7. The molecule has 4 aliphatic heterocycles. The van der Waals surface area contributed by atoms with Crippen molar-refractivity contribution in [2.24, 2.45) is 35.5 Å². The van der Waals surface area contributed by atoms with E-state index in [-0.39, 0.29) is 96.5 Å². The maximum absolute atomic E-state index is 15.1. The maximum atomic E-state index is 15.1. The maximum Gasteiger partial charge on any atom is 0.329 e. The zero-order valence-corrected chi connectivity index (χ0v) is 90.7. The van der Waals surface area contributed by atoms with Gasteiger partial charge in [0, 0.05) is 96.9 Å². The number of cyclic esters (lactones) is 2. The van der Waals surface area contributed by atoms with Gasteiger partial charge < -0.3 is 89.2 Å². The van der Waals surface area contributed by atoms with Crippen LogP contribution in [0, 0.1) is 62.1 Å². The number of nitrogens with zero attached hydrogens (tertiary/aromatic N) is 6. The molecule has 796 valence electrons. The summed E-state index contributed by atoms with van der Waals surface area (Å²) < 4.78 is 39.3. The number of rotatable bonds is 26. The summed E-state index contributed by atoms with van der Waals surface area (Å²) in [5.41, 5.74) is 11.1. The molecule has 5 aromatic carbocycles. The molecule has 4 fully saturated rings. The molecule has 12 rings (SSSR count). The summed E-state index contributed by atoms with van der Waals surface area (Å²) in [7, 11) is 4.47. The zero-order chi connectivity index (χ0) is 108. The van der Waals surface area contributed by atoms with E-state index in [4.69, 9.17) is 18.6 Å². The molecular weight excluding hydrogens is 1880 g/mol. The van der Waals surface area contributed by atoms with Gasteiger partial charge in [0.25, 0.3) is 11.8 Å². The van der Waals surface area contributed by atoms with E-state index in [0.717, 1.165) is 71.6 Å². The quantitative estimate of drug-likeness (QED) is 0.0184. The number of esters is 2. The third-order valence-electron chi connectivity index (χ3n) is 28.8. The molecule has 0 spiro atoms. The second kappa shape index (κ2) is 51.2. The first-order valence-corrected chi connectivity index (χ1v) is 52.6. The summed E-state index contributed by atoms with van der Waals surface area (Å²) in [4.78, 5) is 162. The molecule has 5 unspecified atom stereocenters. The molecule has 7 amide bonds. The number of Topliss-reactive ketones (excluding diaryl/α,β-unsaturated/α-hetero) is 2. The molecule has 7 heterocycles. The lowest BCUT2D eigenvalue weighted by Crippen LogP contribution is -2.63. The van der Waals surface area contributed by atoms with E-state index in [1.807, 2.05) is 138 Å². The van der Waals surface area contributed by atoms with Crippen molar-refractivity contribution in [3.8, 4) is 23.0 Å². The molecule has 0 bridgehead atoms. The van der Waals surface area contributed by atoms with Crippen LogP contribution in [0.1, 0.15) is 273 Å². The Labute approximate surface area is 864 Å². The molecule has 4 aliphatic rings. The fraction of sp³-hybridized carbons (Fsp3) is 0.557. The average molecular weight is 2040 g/mol. The molecule has 31 heteroatoms. The van der Waals surface area contributed by atoms with E-state index in [1.54, 1.807) is 81.7 Å². The Bertz CT molecular complexity index is 5750. The number of aromatic hydroxyl groups is 3. The van der Waals surface area contributed by atoms with E-state index in [2.05, 4.69) is 57.5 Å². The fourth-order valence-corrected chi connectivity index (χ4v) is 21.1. The number of likely N-dealkylation sites (N-methyl/N-ethyl adjacent to an activating group) is 2. The first-order chi connectivity index (χ1) is 68.7. The first-order valence-electron chi connectivity index (χ1n) is 51.8. The molecule has 0 radical (unpaired) electrons. The third kappa shape index (κ3) is 29.8. The number of aliphatic hydroxyl groups is 2. The summed E-state index contributed by atoms with van der Waals surface area (Å²) in [5, 5.41) is 66.8. The number of likely N-dealkylation sites (tertiary alicyclic amines) is 2. The Morgan fingerprint density at radius 2 is 1.27 bits per heavy atom. The van der Waals surface area contributed by atoms with Crippen LogP contribution in [0.15, 0.2) is 125 Å². The summed E-state index contributed by atoms with van der Waals surface area (Å²) in [5.74, 6) is -6.41. The van der Waals surface area contributed by atoms with Gasteiger partial charge in [-0.1, -0.05) is 181 Å². The molecule has 8 N–H and O–H groups in total. The number of hydrogen-bond donors (Lipinski definition) is 8. The molecule has 0 aliphatic carbocycles. The van der Waals surface area contributed by atoms with Gasteiger partial charge in [-0.2, -0.15) is 0 Å². The Morgan fingerprint density at radius 1 is 0.699 bits per heavy atom. The van der Waals surface area contributed by atoms with Crippen LogP contribution < -0.4 is 20.7 Å². The van der Waals surface area contributed by atoms with Gasteiger partial charge in [-0.25, -0.2) is 9.18 Å². The number of ether oxygens (including phenoxy) is 3. The van der Waals surface area contributed by atoms with Crippen LogP contribution >= 0.6 is 11.3 Å². The van der Waals surface area contributed by atoms with Crippen molar-refractivity contribution in [1.29, 1.82) is 0 Å². The minimum atomic E-state index is -1.44. The molecule has 14 atom stereocenters. The zero-order valence-electron chi connectivity index (χ0n) is 89.9. The van der Waals surface area contributed by atoms with Crippen LogP contribution in [0.3, 0.4) is 0 Å². The minimum Gasteiger partial charge on any atom is -0.507 e. The highest BCUT2D eigenvalue weighted by Crippen LogP contribution is 2.42. The van der Waals surface area contributed by atoms with Gasteiger partial charge >= 0.3 is 11.9 Å². The highest BCUT2D eigenvalue weighted by molar-refractivity contribution is 7.17. The van der Waals surface area contributed by atoms with Gasteiger partial charge in [-0.05, 0) is 233 Å². The van der Waals surface area contributed by atoms with Crippen molar-refractivity contribution in [3.05, 3.63) is 199 Å². The van der Waals surface area contributed by atoms with Gasteiger partial charge in [0.05, 0.1) is 48.1 Å². The number of halogens is 1. The number of hydrogen-bond acceptors (Lipinski definition) is 22. The molecule has 3 aromatic heterocycles. The number of carbonyl (C=O) groups is 11. The van der Waals surface area contributed by atoms with Crippen molar-refractivity contribution >= 4 is 86.4 Å². The predicted octanol–water partition coefficient (Wildman–Crippen LogP) is 16.2. The number of benzene rings is 5. The largest absolute Gasteiger partial charge is 0.507 e. The number of aryl methyl sites for hydroxylation is 4. The van der Waals surface area contributed by atoms with Gasteiger partial charge in [0.15, 0.2) is 11.9 Å². The monoisotopic (exact) mass is 2040 g/mol. The highest BCUT2D eigenvalue weighted by Gasteiger charge is 2.47. The molecular formula is C115H158FN9O20S. The Morgan fingerprint density at radius 3 is 1.82 bits per heavy atom. The van der Waals surface area contributed by atoms with E-state index in [9.17, 15) is 73.1 Å². The standard InChI is InChI=1S/C58H93N7O14.C31H40O3.C26H25FN2O3S/c1-16-34(8)48-46(67)30-47(68)79-51(33(6)7)50(69)35(9)52(70)60-41(27-31(2)3)55(73)65-26-18-20-43(65)57(75)63(14)45(29-39-21-23-40(77-15)24-22-39)58(76)78-38(12)49(36(10)59-48)61-53(71)44(28-32(4)5)62(13)56(74)42-19-17-25-64(42)54(72)37(11)66;1-18-10-21(16-23-12-19(2)14-25(28(23)33)30(4,5)6)27(32)22(11-18)17-24-13-20(3)15-26(29(24)34)31(7,8)9;27-20-5-3-18(4-6-20)17-29-22-11-15-33-25(22)16-23(29)26(31)28-12-9-19(10-13-28)24(30)8-7-21-2-1-14-32-21/h21-24,31-38,41-46,48-49,51,59,66-67H,16-20,25-30H2,1-15H3,(H,60,70)(H,61,71);10-15,32-34H,16-17H2,1-9H3;1-6,11,14-16,19H,7-10,12-13,17H2/t34?,35-,36?,37?,38+,41-,42?,43-,44+,45-,46-,48?,49+,51-;;/m0../s1. The Balaban J connectivity index is 0.000000264. The summed E-state index contributed by atoms with van der Waals surface area (Å²) in [6.07, 6.45) is 1.36. The molecule has 29 nitrogen and oxygen atoms in total. The van der Waals surface area contributed by atoms with Crippen molar-refractivity contribution in [3.63, 3.8) is 0 Å². The summed E-state index contributed by atoms with van der Waals surface area (Å²) in [6, 6.07) is 24.6. The average Bonchev–Trinajstić information content (AvgIpc) is 1.61. The van der Waals surface area contributed by atoms with Crippen molar-refractivity contribution < 1.29 is 101 Å². The van der Waals surface area contributed by atoms with Gasteiger partial charge in [-0.15, -0.1) is 11.3 Å².